The van der Waals surface area contributed by atoms with Crippen LogP contribution in [-0.2, 0) is 0 Å². The van der Waals surface area contributed by atoms with Gasteiger partial charge >= 0.3 is 12.5 Å². The van der Waals surface area contributed by atoms with Crippen molar-refractivity contribution in [3.63, 3.8) is 0 Å². The van der Waals surface area contributed by atoms with Crippen LogP contribution in [0.15, 0.2) is 36.4 Å². The molecule has 1 nitrogen and oxygen atoms in total. The molecule has 0 heterocycles. The minimum Gasteiger partial charge on any atom is -0.425 e. The topological polar surface area (TPSA) is 9.23 Å². The van der Waals surface area contributed by atoms with Crippen LogP contribution in [0.1, 0.15) is 89.0 Å². The van der Waals surface area contributed by atoms with Crippen molar-refractivity contribution < 1.29 is 31.1 Å². The summed E-state index contributed by atoms with van der Waals surface area (Å²) < 4.78 is 84.2. The van der Waals surface area contributed by atoms with Gasteiger partial charge in [-0.3, -0.25) is 0 Å². The van der Waals surface area contributed by atoms with Gasteiger partial charge in [-0.05, 0) is 85.1 Å². The molecular formula is C30H36F6O. The number of ether oxygens (including phenoxy) is 1. The highest BCUT2D eigenvalue weighted by Gasteiger charge is 2.44. The van der Waals surface area contributed by atoms with Crippen LogP contribution in [-0.4, -0.2) is 12.5 Å². The number of hydrogen-bond acceptors (Lipinski definition) is 1. The van der Waals surface area contributed by atoms with Gasteiger partial charge in [0.25, 0.3) is 0 Å². The number of rotatable bonds is 10. The first-order chi connectivity index (χ1) is 17.7. The van der Waals surface area contributed by atoms with Crippen molar-refractivity contribution in [2.24, 2.45) is 17.8 Å². The zero-order valence-electron chi connectivity index (χ0n) is 21.3. The van der Waals surface area contributed by atoms with Gasteiger partial charge in [-0.25, -0.2) is 8.78 Å². The molecule has 4 unspecified atom stereocenters. The third-order valence-electron chi connectivity index (χ3n) is 8.40. The summed E-state index contributed by atoms with van der Waals surface area (Å²) in [4.78, 5) is 0. The van der Waals surface area contributed by atoms with Crippen molar-refractivity contribution in [2.45, 2.75) is 96.0 Å². The lowest BCUT2D eigenvalue weighted by Gasteiger charge is -2.42. The molecule has 7 heteroatoms. The Morgan fingerprint density at radius 1 is 0.865 bits per heavy atom. The SMILES string of the molecule is CCCCCCC1CCC2CC(c3ccc(-c4ccc(OC(F)(F)C(F)F)c(F)c4)c(F)c3)CCC2C1. The minimum atomic E-state index is -4.82. The quantitative estimate of drug-likeness (QED) is 0.221. The maximum absolute atomic E-state index is 15.1. The largest absolute Gasteiger partial charge is 0.461 e. The van der Waals surface area contributed by atoms with Crippen molar-refractivity contribution in [1.29, 1.82) is 0 Å². The molecule has 2 saturated carbocycles. The lowest BCUT2D eigenvalue weighted by molar-refractivity contribution is -0.254. The van der Waals surface area contributed by atoms with Crippen molar-refractivity contribution in [2.75, 3.05) is 0 Å². The highest BCUT2D eigenvalue weighted by Crippen LogP contribution is 2.48. The summed E-state index contributed by atoms with van der Waals surface area (Å²) in [5.41, 5.74) is 1.17. The smallest absolute Gasteiger partial charge is 0.425 e. The fourth-order valence-corrected chi connectivity index (χ4v) is 6.37. The van der Waals surface area contributed by atoms with E-state index in [2.05, 4.69) is 11.7 Å². The number of halogens is 6. The highest BCUT2D eigenvalue weighted by molar-refractivity contribution is 5.65. The van der Waals surface area contributed by atoms with Crippen LogP contribution in [0.4, 0.5) is 26.3 Å². The second-order valence-corrected chi connectivity index (χ2v) is 10.9. The molecule has 2 aromatic carbocycles. The van der Waals surface area contributed by atoms with E-state index in [4.69, 9.17) is 0 Å². The molecule has 2 aliphatic carbocycles. The Labute approximate surface area is 215 Å². The van der Waals surface area contributed by atoms with Crippen LogP contribution in [0.2, 0.25) is 0 Å². The molecule has 4 rings (SSSR count). The van der Waals surface area contributed by atoms with Gasteiger partial charge in [0.1, 0.15) is 5.82 Å². The zero-order valence-corrected chi connectivity index (χ0v) is 21.3. The van der Waals surface area contributed by atoms with Gasteiger partial charge in [0.05, 0.1) is 0 Å². The van der Waals surface area contributed by atoms with Gasteiger partial charge in [-0.15, -0.1) is 0 Å². The van der Waals surface area contributed by atoms with Gasteiger partial charge in [0, 0.05) is 5.56 Å². The van der Waals surface area contributed by atoms with Crippen LogP contribution in [0.3, 0.4) is 0 Å². The Bertz CT molecular complexity index is 1040. The average Bonchev–Trinajstić information content (AvgIpc) is 2.87. The highest BCUT2D eigenvalue weighted by atomic mass is 19.3. The molecule has 0 aliphatic heterocycles. The fraction of sp³-hybridized carbons (Fsp3) is 0.600. The predicted molar refractivity (Wildman–Crippen MR) is 133 cm³/mol. The predicted octanol–water partition coefficient (Wildman–Crippen LogP) is 10.1. The molecule has 204 valence electrons. The van der Waals surface area contributed by atoms with Crippen LogP contribution < -0.4 is 4.74 Å². The maximum atomic E-state index is 15.1. The zero-order chi connectivity index (χ0) is 26.6. The van der Waals surface area contributed by atoms with Gasteiger partial charge < -0.3 is 4.74 Å². The molecule has 2 fully saturated rings. The molecule has 2 aromatic rings. The maximum Gasteiger partial charge on any atom is 0.461 e. The molecule has 0 radical (unpaired) electrons. The van der Waals surface area contributed by atoms with Crippen molar-refractivity contribution >= 4 is 0 Å². The molecule has 0 saturated heterocycles. The lowest BCUT2D eigenvalue weighted by atomic mass is 9.63. The summed E-state index contributed by atoms with van der Waals surface area (Å²) in [6, 6.07) is 7.75. The molecule has 0 spiro atoms. The Kier molecular flexibility index (Phi) is 9.12. The van der Waals surface area contributed by atoms with E-state index < -0.39 is 29.9 Å². The number of unbranched alkanes of at least 4 members (excludes halogenated alkanes) is 3. The first kappa shape index (κ1) is 27.8. The Morgan fingerprint density at radius 2 is 1.62 bits per heavy atom. The van der Waals surface area contributed by atoms with Crippen LogP contribution in [0.25, 0.3) is 11.1 Å². The summed E-state index contributed by atoms with van der Waals surface area (Å²) in [6.45, 7) is 2.24. The second kappa shape index (κ2) is 12.1. The Hall–Kier alpha value is -2.18. The van der Waals surface area contributed by atoms with Crippen molar-refractivity contribution in [3.8, 4) is 16.9 Å². The number of hydrogen-bond donors (Lipinski definition) is 0. The van der Waals surface area contributed by atoms with E-state index in [1.165, 1.54) is 69.9 Å². The molecule has 0 aromatic heterocycles. The van der Waals surface area contributed by atoms with E-state index in [9.17, 15) is 22.0 Å². The summed E-state index contributed by atoms with van der Waals surface area (Å²) in [7, 11) is 0. The summed E-state index contributed by atoms with van der Waals surface area (Å²) in [5, 5.41) is 0. The van der Waals surface area contributed by atoms with Crippen LogP contribution in [0, 0.1) is 29.4 Å². The molecule has 0 amide bonds. The molecule has 4 atom stereocenters. The first-order valence-corrected chi connectivity index (χ1v) is 13.6. The van der Waals surface area contributed by atoms with Gasteiger partial charge in [0.15, 0.2) is 11.6 Å². The van der Waals surface area contributed by atoms with E-state index in [1.807, 2.05) is 6.07 Å². The van der Waals surface area contributed by atoms with E-state index in [-0.39, 0.29) is 17.0 Å². The van der Waals surface area contributed by atoms with Crippen LogP contribution >= 0.6 is 0 Å². The van der Waals surface area contributed by atoms with Crippen molar-refractivity contribution in [1.82, 2.24) is 0 Å². The third-order valence-corrected chi connectivity index (χ3v) is 8.40. The fourth-order valence-electron chi connectivity index (χ4n) is 6.37. The van der Waals surface area contributed by atoms with Gasteiger partial charge in [-0.1, -0.05) is 63.6 Å². The molecule has 37 heavy (non-hydrogen) atoms. The third kappa shape index (κ3) is 6.83. The first-order valence-electron chi connectivity index (χ1n) is 13.6. The van der Waals surface area contributed by atoms with E-state index in [1.54, 1.807) is 6.07 Å². The Balaban J connectivity index is 1.37. The molecular weight excluding hydrogens is 490 g/mol. The summed E-state index contributed by atoms with van der Waals surface area (Å²) in [5.74, 6) is -0.214. The molecule has 2 aliphatic rings. The van der Waals surface area contributed by atoms with Crippen LogP contribution in [0.5, 0.6) is 5.75 Å². The summed E-state index contributed by atoms with van der Waals surface area (Å²) in [6.07, 6.45) is 4.82. The average molecular weight is 527 g/mol. The van der Waals surface area contributed by atoms with E-state index >= 15 is 4.39 Å². The monoisotopic (exact) mass is 526 g/mol. The normalized spacial score (nSPS) is 24.2. The number of fused-ring (bicyclic) bond motifs is 1. The minimum absolute atomic E-state index is 0.118. The molecule has 0 bridgehead atoms. The number of benzene rings is 2. The standard InChI is InChI=1S/C30H36F6O/c1-2-3-4-5-6-19-7-8-21-16-22(10-9-20(21)15-19)23-11-13-25(26(31)17-23)24-12-14-28(27(32)18-24)37-30(35,36)29(33)34/h11-14,17-22,29H,2-10,15-16H2,1H3. The van der Waals surface area contributed by atoms with E-state index in [0.717, 1.165) is 42.4 Å². The van der Waals surface area contributed by atoms with Crippen molar-refractivity contribution in [3.05, 3.63) is 53.6 Å². The lowest BCUT2D eigenvalue weighted by Crippen LogP contribution is -2.33. The number of alkyl halides is 4. The second-order valence-electron chi connectivity index (χ2n) is 10.9. The molecule has 0 N–H and O–H groups in total. The van der Waals surface area contributed by atoms with Gasteiger partial charge in [0.2, 0.25) is 0 Å². The van der Waals surface area contributed by atoms with E-state index in [0.29, 0.717) is 5.92 Å². The van der Waals surface area contributed by atoms with Gasteiger partial charge in [-0.2, -0.15) is 17.6 Å². The summed E-state index contributed by atoms with van der Waals surface area (Å²) >= 11 is 0. The Morgan fingerprint density at radius 3 is 2.32 bits per heavy atom.